The minimum atomic E-state index is -0.190. The Morgan fingerprint density at radius 3 is 2.68 bits per heavy atom. The van der Waals surface area contributed by atoms with Crippen LogP contribution in [0, 0.1) is 25.2 Å². The Hall–Kier alpha value is -3.21. The predicted octanol–water partition coefficient (Wildman–Crippen LogP) is 1.63. The van der Waals surface area contributed by atoms with E-state index in [9.17, 15) is 9.59 Å². The zero-order valence-electron chi connectivity index (χ0n) is 16.0. The summed E-state index contributed by atoms with van der Waals surface area (Å²) in [5, 5.41) is 11.8. The van der Waals surface area contributed by atoms with Crippen LogP contribution in [-0.2, 0) is 11.3 Å². The number of nitrogens with one attached hydrogen (secondary N) is 1. The number of carbonyl (C=O) groups is 1. The van der Waals surface area contributed by atoms with E-state index in [1.165, 1.54) is 17.1 Å². The molecule has 1 N–H and O–H groups in total. The van der Waals surface area contributed by atoms with Crippen molar-refractivity contribution in [1.82, 2.24) is 19.9 Å². The van der Waals surface area contributed by atoms with Crippen LogP contribution in [0.1, 0.15) is 42.5 Å². The van der Waals surface area contributed by atoms with Crippen molar-refractivity contribution in [3.05, 3.63) is 51.8 Å². The van der Waals surface area contributed by atoms with Crippen molar-refractivity contribution in [1.29, 1.82) is 5.26 Å². The van der Waals surface area contributed by atoms with Crippen molar-refractivity contribution < 1.29 is 9.53 Å². The van der Waals surface area contributed by atoms with Crippen LogP contribution in [0.4, 0.5) is 0 Å². The van der Waals surface area contributed by atoms with Crippen molar-refractivity contribution in [2.45, 2.75) is 58.2 Å². The highest BCUT2D eigenvalue weighted by Crippen LogP contribution is 2.23. The van der Waals surface area contributed by atoms with Gasteiger partial charge < -0.3 is 10.1 Å². The molecule has 0 aliphatic heterocycles. The van der Waals surface area contributed by atoms with Crippen LogP contribution in [0.15, 0.2) is 29.5 Å². The first-order chi connectivity index (χ1) is 13.5. The first kappa shape index (κ1) is 19.5. The molecule has 146 valence electrons. The van der Waals surface area contributed by atoms with Gasteiger partial charge >= 0.3 is 0 Å². The number of nitrogens with zero attached hydrogens (tertiary/aromatic N) is 4. The number of hydrogen-bond donors (Lipinski definition) is 1. The number of carbonyl (C=O) groups excluding carboxylic acids is 1. The topological polar surface area (TPSA) is 110 Å². The third-order valence-corrected chi connectivity index (χ3v) is 5.02. The second kappa shape index (κ2) is 8.65. The van der Waals surface area contributed by atoms with E-state index in [0.717, 1.165) is 25.7 Å². The second-order valence-electron chi connectivity index (χ2n) is 7.04. The van der Waals surface area contributed by atoms with Gasteiger partial charge in [0.2, 0.25) is 11.8 Å². The number of aryl methyl sites for hydroxylation is 1. The summed E-state index contributed by atoms with van der Waals surface area (Å²) in [5.74, 6) is 0.318. The molecule has 2 aromatic rings. The molecule has 0 bridgehead atoms. The van der Waals surface area contributed by atoms with E-state index in [1.807, 2.05) is 6.07 Å². The first-order valence-corrected chi connectivity index (χ1v) is 9.31. The van der Waals surface area contributed by atoms with Gasteiger partial charge in [0.1, 0.15) is 18.7 Å². The molecule has 1 fully saturated rings. The standard InChI is InChI=1S/C20H23N5O3/c1-13-14(2)23-12-25(20(13)27)11-18(26)24-16-4-6-17(7-5-16)28-19-8-3-15(9-21)10-22-19/h3,8,10,12,16-17H,4-7,11H2,1-2H3,(H,24,26). The molecule has 0 atom stereocenters. The monoisotopic (exact) mass is 381 g/mol. The van der Waals surface area contributed by atoms with Crippen molar-refractivity contribution in [3.63, 3.8) is 0 Å². The van der Waals surface area contributed by atoms with E-state index in [1.54, 1.807) is 26.0 Å². The maximum atomic E-state index is 12.3. The van der Waals surface area contributed by atoms with E-state index in [-0.39, 0.29) is 30.2 Å². The Kier molecular flexibility index (Phi) is 6.04. The molecule has 0 spiro atoms. The highest BCUT2D eigenvalue weighted by atomic mass is 16.5. The summed E-state index contributed by atoms with van der Waals surface area (Å²) in [6, 6.07) is 5.47. The average Bonchev–Trinajstić information content (AvgIpc) is 2.70. The second-order valence-corrected chi connectivity index (χ2v) is 7.04. The normalized spacial score (nSPS) is 18.9. The highest BCUT2D eigenvalue weighted by Gasteiger charge is 2.24. The molecule has 8 heteroatoms. The minimum absolute atomic E-state index is 0.0292. The molecule has 1 aliphatic rings. The minimum Gasteiger partial charge on any atom is -0.474 e. The summed E-state index contributed by atoms with van der Waals surface area (Å²) in [6.45, 7) is 3.46. The smallest absolute Gasteiger partial charge is 0.256 e. The zero-order chi connectivity index (χ0) is 20.1. The summed E-state index contributed by atoms with van der Waals surface area (Å²) in [4.78, 5) is 32.7. The van der Waals surface area contributed by atoms with Crippen LogP contribution < -0.4 is 15.6 Å². The first-order valence-electron chi connectivity index (χ1n) is 9.31. The van der Waals surface area contributed by atoms with Crippen LogP contribution in [0.5, 0.6) is 5.88 Å². The average molecular weight is 381 g/mol. The van der Waals surface area contributed by atoms with E-state index in [0.29, 0.717) is 22.7 Å². The number of ether oxygens (including phenoxy) is 1. The molecule has 1 aliphatic carbocycles. The Morgan fingerprint density at radius 2 is 2.04 bits per heavy atom. The Bertz CT molecular complexity index is 938. The van der Waals surface area contributed by atoms with Crippen LogP contribution in [0.2, 0.25) is 0 Å². The van der Waals surface area contributed by atoms with Crippen molar-refractivity contribution >= 4 is 5.91 Å². The largest absolute Gasteiger partial charge is 0.474 e. The van der Waals surface area contributed by atoms with Gasteiger partial charge in [-0.05, 0) is 45.6 Å². The molecular formula is C20H23N5O3. The third-order valence-electron chi connectivity index (χ3n) is 5.02. The molecule has 0 saturated heterocycles. The molecule has 0 radical (unpaired) electrons. The fraction of sp³-hybridized carbons (Fsp3) is 0.450. The third kappa shape index (κ3) is 4.74. The molecule has 3 rings (SSSR count). The summed E-state index contributed by atoms with van der Waals surface area (Å²) >= 11 is 0. The molecular weight excluding hydrogens is 358 g/mol. The quantitative estimate of drug-likeness (QED) is 0.843. The van der Waals surface area contributed by atoms with Gasteiger partial charge in [-0.3, -0.25) is 14.2 Å². The molecule has 28 heavy (non-hydrogen) atoms. The van der Waals surface area contributed by atoms with Crippen LogP contribution >= 0.6 is 0 Å². The number of nitriles is 1. The number of aromatic nitrogens is 3. The van der Waals surface area contributed by atoms with E-state index < -0.39 is 0 Å². The van der Waals surface area contributed by atoms with Crippen molar-refractivity contribution in [2.24, 2.45) is 0 Å². The lowest BCUT2D eigenvalue weighted by Crippen LogP contribution is -2.42. The fourth-order valence-electron chi connectivity index (χ4n) is 3.23. The van der Waals surface area contributed by atoms with Gasteiger partial charge in [0.05, 0.1) is 11.9 Å². The SMILES string of the molecule is Cc1ncn(CC(=O)NC2CCC(Oc3ccc(C#N)cn3)CC2)c(=O)c1C. The predicted molar refractivity (Wildman–Crippen MR) is 102 cm³/mol. The molecule has 8 nitrogen and oxygen atoms in total. The lowest BCUT2D eigenvalue weighted by molar-refractivity contribution is -0.122. The molecule has 0 unspecified atom stereocenters. The summed E-state index contributed by atoms with van der Waals surface area (Å²) in [7, 11) is 0. The number of pyridine rings is 1. The van der Waals surface area contributed by atoms with Crippen LogP contribution in [-0.4, -0.2) is 32.6 Å². The van der Waals surface area contributed by atoms with Gasteiger partial charge in [-0.2, -0.15) is 5.26 Å². The fourth-order valence-corrected chi connectivity index (χ4v) is 3.23. The number of amides is 1. The zero-order valence-corrected chi connectivity index (χ0v) is 16.0. The summed E-state index contributed by atoms with van der Waals surface area (Å²) in [6.07, 6.45) is 6.15. The lowest BCUT2D eigenvalue weighted by Gasteiger charge is -2.29. The van der Waals surface area contributed by atoms with Gasteiger partial charge in [0, 0.05) is 29.6 Å². The van der Waals surface area contributed by atoms with E-state index in [2.05, 4.69) is 15.3 Å². The van der Waals surface area contributed by atoms with Gasteiger partial charge in [-0.25, -0.2) is 9.97 Å². The molecule has 1 amide bonds. The molecule has 2 heterocycles. The Morgan fingerprint density at radius 1 is 1.29 bits per heavy atom. The number of hydrogen-bond acceptors (Lipinski definition) is 6. The summed E-state index contributed by atoms with van der Waals surface area (Å²) in [5.41, 5.74) is 1.55. The highest BCUT2D eigenvalue weighted by molar-refractivity contribution is 5.76. The van der Waals surface area contributed by atoms with Crippen LogP contribution in [0.3, 0.4) is 0 Å². The van der Waals surface area contributed by atoms with Crippen molar-refractivity contribution in [3.8, 4) is 11.9 Å². The Labute approximate surface area is 163 Å². The van der Waals surface area contributed by atoms with Gasteiger partial charge in [-0.15, -0.1) is 0 Å². The molecule has 1 saturated carbocycles. The van der Waals surface area contributed by atoms with E-state index >= 15 is 0 Å². The molecule has 0 aromatic carbocycles. The van der Waals surface area contributed by atoms with Gasteiger partial charge in [0.25, 0.3) is 5.56 Å². The van der Waals surface area contributed by atoms with Crippen molar-refractivity contribution in [2.75, 3.05) is 0 Å². The maximum absolute atomic E-state index is 12.3. The van der Waals surface area contributed by atoms with E-state index in [4.69, 9.17) is 10.00 Å². The lowest BCUT2D eigenvalue weighted by atomic mass is 9.93. The number of rotatable bonds is 5. The maximum Gasteiger partial charge on any atom is 0.256 e. The van der Waals surface area contributed by atoms with Gasteiger partial charge in [-0.1, -0.05) is 0 Å². The molecule has 2 aromatic heterocycles. The van der Waals surface area contributed by atoms with Crippen LogP contribution in [0.25, 0.3) is 0 Å². The summed E-state index contributed by atoms with van der Waals surface area (Å²) < 4.78 is 7.19. The Balaban J connectivity index is 1.47. The van der Waals surface area contributed by atoms with Gasteiger partial charge in [0.15, 0.2) is 0 Å².